The highest BCUT2D eigenvalue weighted by molar-refractivity contribution is 5.99. The number of methoxy groups -OCH3 is 1. The Morgan fingerprint density at radius 3 is 2.37 bits per heavy atom. The zero-order valence-corrected chi connectivity index (χ0v) is 19.4. The minimum atomic E-state index is -0.691. The van der Waals surface area contributed by atoms with Crippen molar-refractivity contribution in [3.8, 4) is 11.5 Å². The molecule has 1 aliphatic heterocycles. The van der Waals surface area contributed by atoms with Crippen molar-refractivity contribution in [3.63, 3.8) is 0 Å². The molecule has 1 atom stereocenters. The Bertz CT molecular complexity index is 1440. The van der Waals surface area contributed by atoms with E-state index in [2.05, 4.69) is 0 Å². The molecule has 1 amide bonds. The van der Waals surface area contributed by atoms with E-state index in [0.717, 1.165) is 23.6 Å². The molecule has 0 saturated heterocycles. The molecule has 35 heavy (non-hydrogen) atoms. The van der Waals surface area contributed by atoms with Gasteiger partial charge in [-0.15, -0.1) is 0 Å². The Morgan fingerprint density at radius 2 is 1.69 bits per heavy atom. The van der Waals surface area contributed by atoms with Gasteiger partial charge in [-0.3, -0.25) is 9.59 Å². The summed E-state index contributed by atoms with van der Waals surface area (Å²) in [6.45, 7) is 2.86. The van der Waals surface area contributed by atoms with E-state index in [4.69, 9.17) is 13.9 Å². The van der Waals surface area contributed by atoms with Crippen LogP contribution in [-0.2, 0) is 6.54 Å². The first kappa shape index (κ1) is 22.7. The second-order valence-electron chi connectivity index (χ2n) is 8.42. The van der Waals surface area contributed by atoms with Crippen LogP contribution in [0.25, 0.3) is 11.0 Å². The van der Waals surface area contributed by atoms with E-state index in [1.165, 1.54) is 12.1 Å². The van der Waals surface area contributed by atoms with E-state index in [1.807, 2.05) is 55.5 Å². The fraction of sp³-hybridized carbons (Fsp3) is 0.214. The Labute approximate surface area is 201 Å². The largest absolute Gasteiger partial charge is 0.497 e. The molecule has 0 bridgehead atoms. The number of benzene rings is 3. The van der Waals surface area contributed by atoms with Crippen molar-refractivity contribution in [2.24, 2.45) is 0 Å². The Kier molecular flexibility index (Phi) is 5.99. The number of rotatable bonds is 7. The van der Waals surface area contributed by atoms with Crippen LogP contribution in [0.2, 0.25) is 0 Å². The van der Waals surface area contributed by atoms with Crippen LogP contribution in [-0.4, -0.2) is 24.5 Å². The predicted molar refractivity (Wildman–Crippen MR) is 129 cm³/mol. The molecule has 1 aliphatic rings. The molecule has 178 valence electrons. The van der Waals surface area contributed by atoms with E-state index in [1.54, 1.807) is 12.0 Å². The van der Waals surface area contributed by atoms with E-state index in [9.17, 15) is 14.0 Å². The molecule has 0 radical (unpaired) electrons. The van der Waals surface area contributed by atoms with E-state index in [-0.39, 0.29) is 28.8 Å². The first-order valence-corrected chi connectivity index (χ1v) is 11.4. The number of carbonyl (C=O) groups is 1. The lowest BCUT2D eigenvalue weighted by Crippen LogP contribution is -2.29. The molecular formula is C28H24FNO5. The number of hydrogen-bond donors (Lipinski definition) is 0. The number of amides is 1. The van der Waals surface area contributed by atoms with Gasteiger partial charge < -0.3 is 18.8 Å². The fourth-order valence-corrected chi connectivity index (χ4v) is 4.40. The van der Waals surface area contributed by atoms with Gasteiger partial charge in [0.25, 0.3) is 5.91 Å². The van der Waals surface area contributed by atoms with Gasteiger partial charge >= 0.3 is 0 Å². The standard InChI is InChI=1S/C28H24FNO5/c1-3-14-34-21-11-6-18(7-12-21)25-24-26(31)22-15-19(29)8-13-23(22)35-27(24)28(32)30(25)16-17-4-9-20(33-2)10-5-17/h4-13,15,25H,3,14,16H2,1-2H3. The monoisotopic (exact) mass is 473 g/mol. The maximum absolute atomic E-state index is 14.0. The Hall–Kier alpha value is -4.13. The third-order valence-electron chi connectivity index (χ3n) is 6.11. The maximum atomic E-state index is 14.0. The molecule has 1 aromatic heterocycles. The lowest BCUT2D eigenvalue weighted by molar-refractivity contribution is 0.0714. The maximum Gasteiger partial charge on any atom is 0.291 e. The molecule has 0 saturated carbocycles. The van der Waals surface area contributed by atoms with Gasteiger partial charge in [0.2, 0.25) is 5.76 Å². The highest BCUT2D eigenvalue weighted by Crippen LogP contribution is 2.39. The SMILES string of the molecule is CCCOc1ccc(C2c3c(oc4ccc(F)cc4c3=O)C(=O)N2Cc2ccc(OC)cc2)cc1. The average Bonchev–Trinajstić information content (AvgIpc) is 3.15. The normalized spacial score (nSPS) is 14.9. The van der Waals surface area contributed by atoms with Gasteiger partial charge in [0, 0.05) is 6.54 Å². The summed E-state index contributed by atoms with van der Waals surface area (Å²) in [5.74, 6) is 0.455. The van der Waals surface area contributed by atoms with Crippen LogP contribution in [0.15, 0.2) is 75.9 Å². The topological polar surface area (TPSA) is 69.0 Å². The molecule has 5 rings (SSSR count). The van der Waals surface area contributed by atoms with Crippen molar-refractivity contribution in [2.75, 3.05) is 13.7 Å². The van der Waals surface area contributed by atoms with Gasteiger partial charge in [-0.25, -0.2) is 4.39 Å². The van der Waals surface area contributed by atoms with E-state index in [0.29, 0.717) is 18.1 Å². The molecular weight excluding hydrogens is 449 g/mol. The molecule has 0 N–H and O–H groups in total. The summed E-state index contributed by atoms with van der Waals surface area (Å²) < 4.78 is 30.8. The predicted octanol–water partition coefficient (Wildman–Crippen LogP) is 5.47. The summed E-state index contributed by atoms with van der Waals surface area (Å²) in [4.78, 5) is 28.7. The third-order valence-corrected chi connectivity index (χ3v) is 6.11. The summed E-state index contributed by atoms with van der Waals surface area (Å²) >= 11 is 0. The number of ether oxygens (including phenoxy) is 2. The van der Waals surface area contributed by atoms with Gasteiger partial charge in [0.15, 0.2) is 5.43 Å². The summed E-state index contributed by atoms with van der Waals surface area (Å²) in [5, 5.41) is 0.107. The number of halogens is 1. The van der Waals surface area contributed by atoms with Crippen LogP contribution >= 0.6 is 0 Å². The van der Waals surface area contributed by atoms with Crippen LogP contribution in [0.5, 0.6) is 11.5 Å². The fourth-order valence-electron chi connectivity index (χ4n) is 4.40. The highest BCUT2D eigenvalue weighted by Gasteiger charge is 2.42. The zero-order valence-electron chi connectivity index (χ0n) is 19.4. The zero-order chi connectivity index (χ0) is 24.5. The van der Waals surface area contributed by atoms with Crippen LogP contribution < -0.4 is 14.9 Å². The van der Waals surface area contributed by atoms with Gasteiger partial charge in [-0.2, -0.15) is 0 Å². The minimum absolute atomic E-state index is 0.0149. The number of fused-ring (bicyclic) bond motifs is 2. The Balaban J connectivity index is 1.63. The van der Waals surface area contributed by atoms with Crippen LogP contribution in [0.3, 0.4) is 0 Å². The summed E-state index contributed by atoms with van der Waals surface area (Å²) in [5.41, 5.74) is 1.57. The van der Waals surface area contributed by atoms with Gasteiger partial charge in [0.05, 0.1) is 30.7 Å². The van der Waals surface area contributed by atoms with E-state index < -0.39 is 23.2 Å². The van der Waals surface area contributed by atoms with Gasteiger partial charge in [-0.05, 0) is 60.0 Å². The smallest absolute Gasteiger partial charge is 0.291 e. The summed E-state index contributed by atoms with van der Waals surface area (Å²) in [6, 6.07) is 17.7. The molecule has 0 spiro atoms. The lowest BCUT2D eigenvalue weighted by atomic mass is 9.98. The third kappa shape index (κ3) is 4.14. The first-order chi connectivity index (χ1) is 17.0. The van der Waals surface area contributed by atoms with E-state index >= 15 is 0 Å². The van der Waals surface area contributed by atoms with Crippen LogP contribution in [0, 0.1) is 5.82 Å². The van der Waals surface area contributed by atoms with Crippen molar-refractivity contribution in [1.29, 1.82) is 0 Å². The van der Waals surface area contributed by atoms with Crippen LogP contribution in [0.4, 0.5) is 4.39 Å². The summed E-state index contributed by atoms with van der Waals surface area (Å²) in [7, 11) is 1.59. The Morgan fingerprint density at radius 1 is 0.971 bits per heavy atom. The number of nitrogens with zero attached hydrogens (tertiary/aromatic N) is 1. The lowest BCUT2D eigenvalue weighted by Gasteiger charge is -2.25. The molecule has 0 aliphatic carbocycles. The molecule has 0 fully saturated rings. The van der Waals surface area contributed by atoms with Crippen molar-refractivity contribution in [3.05, 3.63) is 105 Å². The quantitative estimate of drug-likeness (QED) is 0.356. The van der Waals surface area contributed by atoms with Gasteiger partial charge in [-0.1, -0.05) is 31.2 Å². The second kappa shape index (κ2) is 9.25. The van der Waals surface area contributed by atoms with Crippen molar-refractivity contribution in [1.82, 2.24) is 4.90 Å². The van der Waals surface area contributed by atoms with Crippen molar-refractivity contribution >= 4 is 16.9 Å². The van der Waals surface area contributed by atoms with Crippen LogP contribution in [0.1, 0.15) is 46.6 Å². The van der Waals surface area contributed by atoms with Gasteiger partial charge in [0.1, 0.15) is 22.9 Å². The molecule has 3 aromatic carbocycles. The second-order valence-corrected chi connectivity index (χ2v) is 8.42. The molecule has 7 heteroatoms. The van der Waals surface area contributed by atoms with Crippen molar-refractivity contribution in [2.45, 2.75) is 25.9 Å². The minimum Gasteiger partial charge on any atom is -0.497 e. The molecule has 2 heterocycles. The first-order valence-electron chi connectivity index (χ1n) is 11.4. The number of carbonyl (C=O) groups excluding carboxylic acids is 1. The molecule has 6 nitrogen and oxygen atoms in total. The molecule has 1 unspecified atom stereocenters. The number of hydrogen-bond acceptors (Lipinski definition) is 5. The summed E-state index contributed by atoms with van der Waals surface area (Å²) in [6.07, 6.45) is 0.882. The van der Waals surface area contributed by atoms with Crippen molar-refractivity contribution < 1.29 is 23.1 Å². The average molecular weight is 474 g/mol. The highest BCUT2D eigenvalue weighted by atomic mass is 19.1. The molecule has 4 aromatic rings.